The number of benzene rings is 2. The molecule has 0 unspecified atom stereocenters. The van der Waals surface area contributed by atoms with E-state index in [0.29, 0.717) is 23.6 Å². The molecule has 0 fully saturated rings. The van der Waals surface area contributed by atoms with Crippen LogP contribution in [0, 0.1) is 0 Å². The third-order valence-electron chi connectivity index (χ3n) is 5.28. The molecule has 0 radical (unpaired) electrons. The Morgan fingerprint density at radius 1 is 1.00 bits per heavy atom. The number of nitrogens with one attached hydrogen (secondary N) is 1. The molecule has 2 aromatic carbocycles. The normalized spacial score (nSPS) is 10.6. The Hall–Kier alpha value is -4.60. The fourth-order valence-electron chi connectivity index (χ4n) is 3.40. The summed E-state index contributed by atoms with van der Waals surface area (Å²) in [5, 5.41) is 6.79. The summed E-state index contributed by atoms with van der Waals surface area (Å²) in [5.41, 5.74) is 1.31. The van der Waals surface area contributed by atoms with Gasteiger partial charge in [0.1, 0.15) is 17.9 Å². The van der Waals surface area contributed by atoms with Crippen molar-refractivity contribution in [1.29, 1.82) is 0 Å². The monoisotopic (exact) mass is 476 g/mol. The van der Waals surface area contributed by atoms with Gasteiger partial charge < -0.3 is 28.6 Å². The molecule has 0 bridgehead atoms. The molecule has 0 aliphatic carbocycles. The number of aromatic nitrogens is 3. The maximum Gasteiger partial charge on any atom is 0.263 e. The first-order valence-corrected chi connectivity index (χ1v) is 10.7. The molecule has 180 valence electrons. The number of hydrogen-bond acceptors (Lipinski definition) is 8. The summed E-state index contributed by atoms with van der Waals surface area (Å²) in [4.78, 5) is 29.8. The highest BCUT2D eigenvalue weighted by Gasteiger charge is 2.17. The van der Waals surface area contributed by atoms with Gasteiger partial charge in [0.05, 0.1) is 21.3 Å². The molecule has 0 atom stereocenters. The van der Waals surface area contributed by atoms with Crippen molar-refractivity contribution in [2.75, 3.05) is 21.3 Å². The van der Waals surface area contributed by atoms with Crippen LogP contribution in [-0.4, -0.2) is 41.9 Å². The number of nitrogens with zero attached hydrogens (tertiary/aromatic N) is 3. The van der Waals surface area contributed by atoms with Crippen molar-refractivity contribution in [2.45, 2.75) is 13.1 Å². The molecule has 10 nitrogen and oxygen atoms in total. The molecule has 2 heterocycles. The molecular weight excluding hydrogens is 452 g/mol. The molecule has 0 saturated heterocycles. The highest BCUT2D eigenvalue weighted by Crippen LogP contribution is 2.31. The summed E-state index contributed by atoms with van der Waals surface area (Å²) >= 11 is 0. The second kappa shape index (κ2) is 10.6. The minimum Gasteiger partial charge on any atom is -0.497 e. The summed E-state index contributed by atoms with van der Waals surface area (Å²) in [7, 11) is 4.67. The van der Waals surface area contributed by atoms with Crippen molar-refractivity contribution in [1.82, 2.24) is 20.0 Å². The van der Waals surface area contributed by atoms with Gasteiger partial charge in [0.25, 0.3) is 11.4 Å². The standard InChI is InChI=1S/C25H24N4O6/c1-32-18-9-6-16(7-10-18)14-26-22(30)15-29-12-4-5-19(25(29)31)24-27-23(28-35-24)17-8-11-20(33-2)21(13-17)34-3/h4-13H,14-15H2,1-3H3,(H,26,30). The van der Waals surface area contributed by atoms with E-state index in [1.54, 1.807) is 44.6 Å². The average molecular weight is 476 g/mol. The molecule has 0 spiro atoms. The maximum absolute atomic E-state index is 13.0. The van der Waals surface area contributed by atoms with Crippen LogP contribution in [0.4, 0.5) is 0 Å². The summed E-state index contributed by atoms with van der Waals surface area (Å²) in [6.07, 6.45) is 1.53. The summed E-state index contributed by atoms with van der Waals surface area (Å²) in [6.45, 7) is 0.176. The van der Waals surface area contributed by atoms with Gasteiger partial charge in [0, 0.05) is 18.3 Å². The molecule has 10 heteroatoms. The van der Waals surface area contributed by atoms with E-state index in [9.17, 15) is 9.59 Å². The van der Waals surface area contributed by atoms with Crippen LogP contribution in [0.15, 0.2) is 70.1 Å². The number of ether oxygens (including phenoxy) is 3. The molecule has 4 aromatic rings. The minimum absolute atomic E-state index is 0.0489. The van der Waals surface area contributed by atoms with Gasteiger partial charge in [-0.2, -0.15) is 4.98 Å². The fourth-order valence-corrected chi connectivity index (χ4v) is 3.40. The zero-order chi connectivity index (χ0) is 24.8. The van der Waals surface area contributed by atoms with Crippen LogP contribution in [0.5, 0.6) is 17.2 Å². The maximum atomic E-state index is 13.0. The molecule has 2 aromatic heterocycles. The first-order chi connectivity index (χ1) is 17.0. The summed E-state index contributed by atoms with van der Waals surface area (Å²) in [5.74, 6) is 1.84. The third kappa shape index (κ3) is 5.32. The van der Waals surface area contributed by atoms with Crippen LogP contribution < -0.4 is 25.1 Å². The zero-order valence-corrected chi connectivity index (χ0v) is 19.5. The lowest BCUT2D eigenvalue weighted by Gasteiger charge is -2.09. The van der Waals surface area contributed by atoms with Gasteiger partial charge in [-0.05, 0) is 48.0 Å². The quantitative estimate of drug-likeness (QED) is 0.392. The van der Waals surface area contributed by atoms with Crippen molar-refractivity contribution in [3.05, 3.63) is 76.7 Å². The van der Waals surface area contributed by atoms with Crippen molar-refractivity contribution < 1.29 is 23.5 Å². The van der Waals surface area contributed by atoms with E-state index in [0.717, 1.165) is 11.3 Å². The Balaban J connectivity index is 1.48. The predicted octanol–water partition coefficient (Wildman–Crippen LogP) is 2.91. The first kappa shape index (κ1) is 23.6. The van der Waals surface area contributed by atoms with Crippen LogP contribution in [0.2, 0.25) is 0 Å². The second-order valence-corrected chi connectivity index (χ2v) is 7.47. The average Bonchev–Trinajstić information content (AvgIpc) is 3.38. The molecule has 35 heavy (non-hydrogen) atoms. The molecule has 0 aliphatic rings. The van der Waals surface area contributed by atoms with Gasteiger partial charge >= 0.3 is 0 Å². The van der Waals surface area contributed by atoms with E-state index in [4.69, 9.17) is 18.7 Å². The van der Waals surface area contributed by atoms with Crippen LogP contribution in [0.3, 0.4) is 0 Å². The summed E-state index contributed by atoms with van der Waals surface area (Å²) < 4.78 is 22.3. The SMILES string of the molecule is COc1ccc(CNC(=O)Cn2cccc(-c3nc(-c4ccc(OC)c(OC)c4)no3)c2=O)cc1. The summed E-state index contributed by atoms with van der Waals surface area (Å²) in [6, 6.07) is 15.8. The number of rotatable bonds is 9. The Morgan fingerprint density at radius 3 is 2.49 bits per heavy atom. The smallest absolute Gasteiger partial charge is 0.263 e. The minimum atomic E-state index is -0.422. The van der Waals surface area contributed by atoms with Gasteiger partial charge in [-0.25, -0.2) is 0 Å². The molecule has 0 saturated carbocycles. The number of carbonyl (C=O) groups is 1. The highest BCUT2D eigenvalue weighted by atomic mass is 16.5. The second-order valence-electron chi connectivity index (χ2n) is 7.47. The number of methoxy groups -OCH3 is 3. The van der Waals surface area contributed by atoms with Crippen molar-refractivity contribution in [2.24, 2.45) is 0 Å². The van der Waals surface area contributed by atoms with Crippen molar-refractivity contribution >= 4 is 5.91 Å². The van der Waals surface area contributed by atoms with E-state index < -0.39 is 5.56 Å². The van der Waals surface area contributed by atoms with Crippen LogP contribution in [0.25, 0.3) is 22.8 Å². The first-order valence-electron chi connectivity index (χ1n) is 10.7. The lowest BCUT2D eigenvalue weighted by atomic mass is 10.2. The van der Waals surface area contributed by atoms with Crippen LogP contribution in [-0.2, 0) is 17.9 Å². The third-order valence-corrected chi connectivity index (χ3v) is 5.28. The highest BCUT2D eigenvalue weighted by molar-refractivity contribution is 5.75. The Labute approximate surface area is 201 Å². The van der Waals surface area contributed by atoms with Crippen LogP contribution >= 0.6 is 0 Å². The van der Waals surface area contributed by atoms with Gasteiger partial charge in [-0.3, -0.25) is 9.59 Å². The topological polar surface area (TPSA) is 118 Å². The van der Waals surface area contributed by atoms with E-state index in [1.165, 1.54) is 17.9 Å². The predicted molar refractivity (Wildman–Crippen MR) is 127 cm³/mol. The number of carbonyl (C=O) groups excluding carboxylic acids is 1. The molecule has 4 rings (SSSR count). The van der Waals surface area contributed by atoms with Gasteiger partial charge in [-0.15, -0.1) is 0 Å². The van der Waals surface area contributed by atoms with Crippen molar-refractivity contribution in [3.63, 3.8) is 0 Å². The lowest BCUT2D eigenvalue weighted by molar-refractivity contribution is -0.121. The van der Waals surface area contributed by atoms with E-state index >= 15 is 0 Å². The van der Waals surface area contributed by atoms with Gasteiger partial charge in [-0.1, -0.05) is 17.3 Å². The molecule has 1 N–H and O–H groups in total. The van der Waals surface area contributed by atoms with E-state index in [-0.39, 0.29) is 29.7 Å². The lowest BCUT2D eigenvalue weighted by Crippen LogP contribution is -2.32. The molecule has 0 aliphatic heterocycles. The van der Waals surface area contributed by atoms with E-state index in [2.05, 4.69) is 15.5 Å². The largest absolute Gasteiger partial charge is 0.497 e. The molecule has 1 amide bonds. The van der Waals surface area contributed by atoms with Gasteiger partial charge in [0.2, 0.25) is 11.7 Å². The zero-order valence-electron chi connectivity index (χ0n) is 19.5. The van der Waals surface area contributed by atoms with Gasteiger partial charge in [0.15, 0.2) is 11.5 Å². The Bertz CT molecular complexity index is 1380. The fraction of sp³-hybridized carbons (Fsp3) is 0.200. The number of hydrogen-bond donors (Lipinski definition) is 1. The van der Waals surface area contributed by atoms with E-state index in [1.807, 2.05) is 24.3 Å². The molecular formula is C25H24N4O6. The Kier molecular flexibility index (Phi) is 7.10. The number of pyridine rings is 1. The van der Waals surface area contributed by atoms with Crippen molar-refractivity contribution in [3.8, 4) is 40.1 Å². The van der Waals surface area contributed by atoms with Crippen LogP contribution in [0.1, 0.15) is 5.56 Å². The Morgan fingerprint density at radius 2 is 1.77 bits per heavy atom. The number of amides is 1.